The Morgan fingerprint density at radius 1 is 1.56 bits per heavy atom. The maximum absolute atomic E-state index is 10.6. The molecule has 7 nitrogen and oxygen atoms in total. The summed E-state index contributed by atoms with van der Waals surface area (Å²) < 4.78 is 1.56. The minimum Gasteiger partial charge on any atom is -0.258 e. The molecule has 1 heterocycles. The third-order valence-electron chi connectivity index (χ3n) is 2.17. The van der Waals surface area contributed by atoms with E-state index in [1.54, 1.807) is 11.7 Å². The number of rotatable bonds is 3. The predicted molar refractivity (Wildman–Crippen MR) is 62.9 cm³/mol. The number of hydrogen-bond donors (Lipinski definition) is 0. The highest BCUT2D eigenvalue weighted by atomic mass is 32.2. The maximum atomic E-state index is 10.6. The second kappa shape index (κ2) is 4.85. The van der Waals surface area contributed by atoms with E-state index in [-0.39, 0.29) is 11.3 Å². The average Bonchev–Trinajstić information content (AvgIpc) is 2.75. The molecular weight excluding hydrogens is 254 g/mol. The Labute approximate surface area is 106 Å². The van der Waals surface area contributed by atoms with Gasteiger partial charge < -0.3 is 0 Å². The minimum atomic E-state index is -0.530. The quantitative estimate of drug-likeness (QED) is 0.616. The monoisotopic (exact) mass is 261 g/mol. The van der Waals surface area contributed by atoms with Crippen molar-refractivity contribution in [2.24, 2.45) is 7.05 Å². The molecule has 0 aliphatic rings. The standard InChI is InChI=1S/C10H7N5O2S/c1-14-10(12-6-13-14)18-9-3-2-8(15(16)17)4-7(9)5-11/h2-4,6H,1H3. The smallest absolute Gasteiger partial charge is 0.258 e. The van der Waals surface area contributed by atoms with Gasteiger partial charge in [0, 0.05) is 24.1 Å². The SMILES string of the molecule is Cn1ncnc1Sc1ccc([N+](=O)[O-])cc1C#N. The Morgan fingerprint density at radius 2 is 2.33 bits per heavy atom. The summed E-state index contributed by atoms with van der Waals surface area (Å²) in [6.45, 7) is 0. The van der Waals surface area contributed by atoms with Gasteiger partial charge in [-0.2, -0.15) is 10.4 Å². The molecule has 90 valence electrons. The molecule has 0 atom stereocenters. The number of non-ortho nitro benzene ring substituents is 1. The van der Waals surface area contributed by atoms with Crippen LogP contribution in [0.1, 0.15) is 5.56 Å². The van der Waals surface area contributed by atoms with Crippen LogP contribution >= 0.6 is 11.8 Å². The van der Waals surface area contributed by atoms with E-state index in [0.717, 1.165) is 0 Å². The van der Waals surface area contributed by atoms with Crippen molar-refractivity contribution in [2.75, 3.05) is 0 Å². The first-order chi connectivity index (χ1) is 8.61. The summed E-state index contributed by atoms with van der Waals surface area (Å²) >= 11 is 1.24. The molecule has 0 radical (unpaired) electrons. The number of nitrogens with zero attached hydrogens (tertiary/aromatic N) is 5. The van der Waals surface area contributed by atoms with Crippen LogP contribution in [0.4, 0.5) is 5.69 Å². The number of aromatic nitrogens is 3. The van der Waals surface area contributed by atoms with Crippen molar-refractivity contribution in [1.82, 2.24) is 14.8 Å². The molecule has 0 N–H and O–H groups in total. The van der Waals surface area contributed by atoms with Gasteiger partial charge in [-0.25, -0.2) is 9.67 Å². The van der Waals surface area contributed by atoms with Gasteiger partial charge in [0.2, 0.25) is 0 Å². The molecule has 0 aliphatic carbocycles. The van der Waals surface area contributed by atoms with Crippen LogP contribution in [-0.4, -0.2) is 19.7 Å². The van der Waals surface area contributed by atoms with Gasteiger partial charge >= 0.3 is 0 Å². The van der Waals surface area contributed by atoms with E-state index >= 15 is 0 Å². The highest BCUT2D eigenvalue weighted by molar-refractivity contribution is 7.99. The van der Waals surface area contributed by atoms with Crippen molar-refractivity contribution < 1.29 is 4.92 Å². The van der Waals surface area contributed by atoms with Gasteiger partial charge in [0.05, 0.1) is 10.5 Å². The van der Waals surface area contributed by atoms with Crippen molar-refractivity contribution in [3.8, 4) is 6.07 Å². The zero-order valence-corrected chi connectivity index (χ0v) is 10.1. The summed E-state index contributed by atoms with van der Waals surface area (Å²) in [6, 6.07) is 6.09. The van der Waals surface area contributed by atoms with Crippen LogP contribution in [0.15, 0.2) is 34.6 Å². The summed E-state index contributed by atoms with van der Waals surface area (Å²) in [6.07, 6.45) is 1.40. The summed E-state index contributed by atoms with van der Waals surface area (Å²) in [5, 5.41) is 24.1. The fourth-order valence-corrected chi connectivity index (χ4v) is 2.11. The van der Waals surface area contributed by atoms with Crippen molar-refractivity contribution in [2.45, 2.75) is 10.1 Å². The van der Waals surface area contributed by atoms with Gasteiger partial charge in [0.25, 0.3) is 5.69 Å². The lowest BCUT2D eigenvalue weighted by molar-refractivity contribution is -0.384. The number of nitro groups is 1. The molecule has 8 heteroatoms. The van der Waals surface area contributed by atoms with Gasteiger partial charge in [-0.15, -0.1) is 0 Å². The molecule has 2 aromatic rings. The number of hydrogen-bond acceptors (Lipinski definition) is 6. The summed E-state index contributed by atoms with van der Waals surface area (Å²) in [5.74, 6) is 0. The Kier molecular flexibility index (Phi) is 3.25. The van der Waals surface area contributed by atoms with Crippen LogP contribution < -0.4 is 0 Å². The first kappa shape index (κ1) is 12.1. The van der Waals surface area contributed by atoms with Gasteiger partial charge in [-0.05, 0) is 17.8 Å². The van der Waals surface area contributed by atoms with E-state index in [0.29, 0.717) is 10.1 Å². The summed E-state index contributed by atoms with van der Waals surface area (Å²) in [7, 11) is 1.73. The highest BCUT2D eigenvalue weighted by Gasteiger charge is 2.13. The summed E-state index contributed by atoms with van der Waals surface area (Å²) in [5.41, 5.74) is 0.145. The number of aryl methyl sites for hydroxylation is 1. The second-order valence-corrected chi connectivity index (χ2v) is 4.33. The molecule has 2 rings (SSSR count). The van der Waals surface area contributed by atoms with E-state index in [1.807, 2.05) is 6.07 Å². The molecule has 0 aliphatic heterocycles. The maximum Gasteiger partial charge on any atom is 0.270 e. The predicted octanol–water partition coefficient (Wildman–Crippen LogP) is 1.75. The van der Waals surface area contributed by atoms with Gasteiger partial charge in [0.1, 0.15) is 12.4 Å². The van der Waals surface area contributed by atoms with Crippen molar-refractivity contribution in [3.63, 3.8) is 0 Å². The Balaban J connectivity index is 2.37. The zero-order chi connectivity index (χ0) is 13.1. The molecule has 0 amide bonds. The van der Waals surface area contributed by atoms with Gasteiger partial charge in [0.15, 0.2) is 5.16 Å². The lowest BCUT2D eigenvalue weighted by Crippen LogP contribution is -1.94. The lowest BCUT2D eigenvalue weighted by atomic mass is 10.2. The fourth-order valence-electron chi connectivity index (χ4n) is 1.28. The molecule has 0 saturated carbocycles. The van der Waals surface area contributed by atoms with Crippen molar-refractivity contribution in [1.29, 1.82) is 5.26 Å². The van der Waals surface area contributed by atoms with Crippen LogP contribution in [0.25, 0.3) is 0 Å². The topological polar surface area (TPSA) is 97.6 Å². The number of benzene rings is 1. The van der Waals surface area contributed by atoms with E-state index in [4.69, 9.17) is 5.26 Å². The molecule has 1 aromatic carbocycles. The first-order valence-corrected chi connectivity index (χ1v) is 5.64. The second-order valence-electron chi connectivity index (χ2n) is 3.32. The van der Waals surface area contributed by atoms with Crippen LogP contribution in [-0.2, 0) is 7.05 Å². The van der Waals surface area contributed by atoms with Crippen LogP contribution in [0.2, 0.25) is 0 Å². The van der Waals surface area contributed by atoms with E-state index in [1.165, 1.54) is 36.3 Å². The van der Waals surface area contributed by atoms with E-state index in [9.17, 15) is 10.1 Å². The van der Waals surface area contributed by atoms with Gasteiger partial charge in [-0.3, -0.25) is 10.1 Å². The summed E-state index contributed by atoms with van der Waals surface area (Å²) in [4.78, 5) is 14.7. The molecule has 0 saturated heterocycles. The third-order valence-corrected chi connectivity index (χ3v) is 3.29. The first-order valence-electron chi connectivity index (χ1n) is 4.82. The van der Waals surface area contributed by atoms with Crippen molar-refractivity contribution in [3.05, 3.63) is 40.2 Å². The largest absolute Gasteiger partial charge is 0.270 e. The molecule has 0 unspecified atom stereocenters. The normalized spacial score (nSPS) is 10.0. The minimum absolute atomic E-state index is 0.103. The van der Waals surface area contributed by atoms with E-state index < -0.39 is 4.92 Å². The Hall–Kier alpha value is -2.40. The molecule has 0 fully saturated rings. The van der Waals surface area contributed by atoms with Crippen LogP contribution in [0, 0.1) is 21.4 Å². The van der Waals surface area contributed by atoms with Crippen LogP contribution in [0.3, 0.4) is 0 Å². The fraction of sp³-hybridized carbons (Fsp3) is 0.100. The average molecular weight is 261 g/mol. The van der Waals surface area contributed by atoms with Crippen LogP contribution in [0.5, 0.6) is 0 Å². The van der Waals surface area contributed by atoms with E-state index in [2.05, 4.69) is 10.1 Å². The highest BCUT2D eigenvalue weighted by Crippen LogP contribution is 2.30. The molecular formula is C10H7N5O2S. The molecule has 0 spiro atoms. The molecule has 0 bridgehead atoms. The zero-order valence-electron chi connectivity index (χ0n) is 9.27. The van der Waals surface area contributed by atoms with Gasteiger partial charge in [-0.1, -0.05) is 0 Å². The Bertz CT molecular complexity index is 646. The number of nitriles is 1. The third kappa shape index (κ3) is 2.31. The van der Waals surface area contributed by atoms with Crippen molar-refractivity contribution >= 4 is 17.4 Å². The lowest BCUT2D eigenvalue weighted by Gasteiger charge is -2.02. The Morgan fingerprint density at radius 3 is 2.89 bits per heavy atom. The molecule has 18 heavy (non-hydrogen) atoms. The molecule has 1 aromatic heterocycles. The number of nitro benzene ring substituents is 1.